The number of carbonyl (C=O) groups excluding carboxylic acids is 1. The van der Waals surface area contributed by atoms with E-state index < -0.39 is 0 Å². The van der Waals surface area contributed by atoms with Crippen LogP contribution >= 0.6 is 0 Å². The molecule has 0 saturated carbocycles. The van der Waals surface area contributed by atoms with Gasteiger partial charge in [-0.15, -0.1) is 0 Å². The minimum Gasteiger partial charge on any atom is -1.00 e. The Hall–Kier alpha value is -2.01. The molecule has 1 heterocycles. The van der Waals surface area contributed by atoms with E-state index in [0.717, 1.165) is 16.8 Å². The van der Waals surface area contributed by atoms with Crippen LogP contribution in [-0.2, 0) is 7.05 Å². The van der Waals surface area contributed by atoms with E-state index in [1.165, 1.54) is 10.9 Å². The van der Waals surface area contributed by atoms with Crippen molar-refractivity contribution in [3.8, 4) is 0 Å². The summed E-state index contributed by atoms with van der Waals surface area (Å²) in [7, 11) is 2.08. The highest BCUT2D eigenvalue weighted by atomic mass is 127. The third kappa shape index (κ3) is 4.34. The maximum atomic E-state index is 12.0. The predicted octanol–water partition coefficient (Wildman–Crippen LogP) is 1.68. The zero-order chi connectivity index (χ0) is 17.1. The van der Waals surface area contributed by atoms with Gasteiger partial charge in [-0.25, -0.2) is 0 Å². The van der Waals surface area contributed by atoms with E-state index in [1.807, 2.05) is 38.1 Å². The summed E-state index contributed by atoms with van der Waals surface area (Å²) in [5.41, 5.74) is 4.20. The van der Waals surface area contributed by atoms with E-state index >= 15 is 0 Å². The quantitative estimate of drug-likeness (QED) is 0.342. The van der Waals surface area contributed by atoms with Gasteiger partial charge in [-0.1, -0.05) is 50.2 Å². The lowest BCUT2D eigenvalue weighted by atomic mass is 10.00. The second kappa shape index (κ2) is 8.39. The lowest BCUT2D eigenvalue weighted by molar-refractivity contribution is -0.646. The molecule has 0 unspecified atom stereocenters. The molecule has 0 fully saturated rings. The molecule has 0 radical (unpaired) electrons. The third-order valence-electron chi connectivity index (χ3n) is 4.29. The monoisotopic (exact) mass is 443 g/mol. The molecule has 2 aromatic carbocycles. The first-order valence-electron chi connectivity index (χ1n) is 8.26. The molecular weight excluding hydrogens is 421 g/mol. The lowest BCUT2D eigenvalue weighted by Crippen LogP contribution is -3.00. The zero-order valence-electron chi connectivity index (χ0n) is 14.7. The number of Topliss-reactive ketones (excluding diaryl/α,β-unsaturated/α-hetero) is 1. The first kappa shape index (κ1) is 19.3. The number of hydrogen-bond acceptors (Lipinski definition) is 1. The number of benzene rings is 2. The SMILES string of the molecule is CC(C)C(=O)c1ccc(/C=C/c2ccc3ccccc3[n+]2C)cc1.[I-]. The van der Waals surface area contributed by atoms with Crippen molar-refractivity contribution in [3.05, 3.63) is 77.5 Å². The van der Waals surface area contributed by atoms with Crippen molar-refractivity contribution < 1.29 is 33.3 Å². The number of rotatable bonds is 4. The smallest absolute Gasteiger partial charge is 0.212 e. The average molecular weight is 443 g/mol. The van der Waals surface area contributed by atoms with E-state index in [4.69, 9.17) is 0 Å². The Labute approximate surface area is 166 Å². The number of nitrogens with zero attached hydrogens (tertiary/aromatic N) is 1. The van der Waals surface area contributed by atoms with Gasteiger partial charge in [0.25, 0.3) is 0 Å². The first-order chi connectivity index (χ1) is 11.6. The number of ketones is 1. The number of aryl methyl sites for hydroxylation is 1. The molecule has 3 rings (SSSR count). The van der Waals surface area contributed by atoms with Crippen LogP contribution in [0.25, 0.3) is 23.1 Å². The molecule has 3 heteroatoms. The van der Waals surface area contributed by atoms with Gasteiger partial charge in [0.05, 0.1) is 0 Å². The number of pyridine rings is 1. The molecule has 0 aliphatic rings. The summed E-state index contributed by atoms with van der Waals surface area (Å²) in [6.07, 6.45) is 4.18. The number of aromatic nitrogens is 1. The Morgan fingerprint density at radius 3 is 2.28 bits per heavy atom. The summed E-state index contributed by atoms with van der Waals surface area (Å²) in [4.78, 5) is 12.0. The highest BCUT2D eigenvalue weighted by Gasteiger charge is 2.10. The molecule has 0 N–H and O–H groups in total. The maximum absolute atomic E-state index is 12.0. The molecule has 0 aliphatic heterocycles. The summed E-state index contributed by atoms with van der Waals surface area (Å²) in [6, 6.07) is 20.4. The lowest BCUT2D eigenvalue weighted by Gasteiger charge is -2.04. The van der Waals surface area contributed by atoms with Crippen molar-refractivity contribution in [2.24, 2.45) is 13.0 Å². The fraction of sp³-hybridized carbons (Fsp3) is 0.182. The standard InChI is InChI=1S/C22H22NO.HI/c1-16(2)22(24)19-11-8-17(9-12-19)10-14-20-15-13-18-6-4-5-7-21(18)23(20)3;/h4-16H,1-3H3;1H/q+1;/p-1/b14-10+;. The Morgan fingerprint density at radius 1 is 0.920 bits per heavy atom. The number of halogens is 1. The minimum absolute atomic E-state index is 0. The van der Waals surface area contributed by atoms with Gasteiger partial charge in [-0.05, 0) is 23.8 Å². The summed E-state index contributed by atoms with van der Waals surface area (Å²) < 4.78 is 2.18. The Kier molecular flexibility index (Phi) is 6.48. The van der Waals surface area contributed by atoms with Gasteiger partial charge in [0, 0.05) is 35.1 Å². The van der Waals surface area contributed by atoms with Crippen molar-refractivity contribution in [3.63, 3.8) is 0 Å². The summed E-state index contributed by atoms with van der Waals surface area (Å²) in [5.74, 6) is 0.217. The van der Waals surface area contributed by atoms with E-state index in [9.17, 15) is 4.79 Å². The normalized spacial score (nSPS) is 11.0. The van der Waals surface area contributed by atoms with Crippen molar-refractivity contribution >= 4 is 28.8 Å². The van der Waals surface area contributed by atoms with Crippen molar-refractivity contribution in [2.75, 3.05) is 0 Å². The predicted molar refractivity (Wildman–Crippen MR) is 99.7 cm³/mol. The van der Waals surface area contributed by atoms with Crippen LogP contribution in [0.15, 0.2) is 60.7 Å². The van der Waals surface area contributed by atoms with Crippen LogP contribution in [0, 0.1) is 5.92 Å². The van der Waals surface area contributed by atoms with Crippen LogP contribution in [-0.4, -0.2) is 5.78 Å². The van der Waals surface area contributed by atoms with Crippen LogP contribution in [0.2, 0.25) is 0 Å². The van der Waals surface area contributed by atoms with E-state index in [-0.39, 0.29) is 35.7 Å². The van der Waals surface area contributed by atoms with Crippen LogP contribution in [0.3, 0.4) is 0 Å². The molecular formula is C22H22INO. The van der Waals surface area contributed by atoms with Gasteiger partial charge in [0.2, 0.25) is 11.2 Å². The molecule has 0 aliphatic carbocycles. The molecule has 0 saturated heterocycles. The Balaban J connectivity index is 0.00000225. The molecule has 25 heavy (non-hydrogen) atoms. The maximum Gasteiger partial charge on any atom is 0.212 e. The van der Waals surface area contributed by atoms with Crippen LogP contribution in [0.4, 0.5) is 0 Å². The van der Waals surface area contributed by atoms with Gasteiger partial charge in [0.1, 0.15) is 7.05 Å². The third-order valence-corrected chi connectivity index (χ3v) is 4.29. The first-order valence-corrected chi connectivity index (χ1v) is 8.26. The molecule has 1 aromatic heterocycles. The van der Waals surface area contributed by atoms with Crippen LogP contribution in [0.5, 0.6) is 0 Å². The van der Waals surface area contributed by atoms with Crippen molar-refractivity contribution in [1.82, 2.24) is 0 Å². The van der Waals surface area contributed by atoms with Gasteiger partial charge in [0.15, 0.2) is 5.78 Å². The molecule has 128 valence electrons. The van der Waals surface area contributed by atoms with E-state index in [0.29, 0.717) is 0 Å². The zero-order valence-corrected chi connectivity index (χ0v) is 16.9. The van der Waals surface area contributed by atoms with Gasteiger partial charge in [-0.2, -0.15) is 4.57 Å². The number of carbonyl (C=O) groups is 1. The topological polar surface area (TPSA) is 20.9 Å². The highest BCUT2D eigenvalue weighted by Crippen LogP contribution is 2.14. The molecule has 0 atom stereocenters. The molecule has 3 aromatic rings. The molecule has 0 amide bonds. The van der Waals surface area contributed by atoms with Gasteiger partial charge >= 0.3 is 0 Å². The second-order valence-electron chi connectivity index (χ2n) is 6.35. The summed E-state index contributed by atoms with van der Waals surface area (Å²) >= 11 is 0. The number of hydrogen-bond donors (Lipinski definition) is 0. The molecule has 0 bridgehead atoms. The van der Waals surface area contributed by atoms with Crippen LogP contribution in [0.1, 0.15) is 35.5 Å². The van der Waals surface area contributed by atoms with Gasteiger partial charge < -0.3 is 24.0 Å². The Morgan fingerprint density at radius 2 is 1.60 bits per heavy atom. The number of para-hydroxylation sites is 1. The van der Waals surface area contributed by atoms with Crippen molar-refractivity contribution in [2.45, 2.75) is 13.8 Å². The summed E-state index contributed by atoms with van der Waals surface area (Å²) in [5, 5.41) is 1.23. The fourth-order valence-corrected chi connectivity index (χ4v) is 2.80. The summed E-state index contributed by atoms with van der Waals surface area (Å²) in [6.45, 7) is 3.85. The van der Waals surface area contributed by atoms with Crippen LogP contribution < -0.4 is 28.5 Å². The molecule has 2 nitrogen and oxygen atoms in total. The minimum atomic E-state index is 0. The molecule has 0 spiro atoms. The number of fused-ring (bicyclic) bond motifs is 1. The van der Waals surface area contributed by atoms with E-state index in [2.05, 4.69) is 60.2 Å². The van der Waals surface area contributed by atoms with Gasteiger partial charge in [-0.3, -0.25) is 4.79 Å². The average Bonchev–Trinajstić information content (AvgIpc) is 2.61. The second-order valence-corrected chi connectivity index (χ2v) is 6.35. The van der Waals surface area contributed by atoms with Crippen molar-refractivity contribution in [1.29, 1.82) is 0 Å². The fourth-order valence-electron chi connectivity index (χ4n) is 2.80. The van der Waals surface area contributed by atoms with E-state index in [1.54, 1.807) is 0 Å². The largest absolute Gasteiger partial charge is 1.00 e. The Bertz CT molecular complexity index is 911. The highest BCUT2D eigenvalue weighted by molar-refractivity contribution is 5.97.